The molecule has 0 amide bonds. The van der Waals surface area contributed by atoms with Gasteiger partial charge < -0.3 is 19.3 Å². The average Bonchev–Trinajstić information content (AvgIpc) is 2.83. The molecule has 146 valence electrons. The molecule has 0 bridgehead atoms. The van der Waals surface area contributed by atoms with Crippen LogP contribution in [0.4, 0.5) is 5.95 Å². The minimum Gasteiger partial charge on any atom is -0.481 e. The van der Waals surface area contributed by atoms with Crippen LogP contribution in [-0.2, 0) is 14.1 Å². The molecule has 1 aromatic rings. The lowest BCUT2D eigenvalue weighted by molar-refractivity contribution is -0.150. The van der Waals surface area contributed by atoms with E-state index >= 15 is 0 Å². The summed E-state index contributed by atoms with van der Waals surface area (Å²) < 4.78 is 12.1. The maximum atomic E-state index is 11.7. The highest BCUT2D eigenvalue weighted by molar-refractivity contribution is 6.61. The van der Waals surface area contributed by atoms with E-state index in [1.165, 1.54) is 0 Å². The van der Waals surface area contributed by atoms with Crippen LogP contribution in [0, 0.1) is 5.41 Å². The Morgan fingerprint density at radius 2 is 1.74 bits per heavy atom. The molecule has 0 saturated carbocycles. The maximum absolute atomic E-state index is 11.7. The molecule has 2 fully saturated rings. The van der Waals surface area contributed by atoms with Gasteiger partial charge in [0.05, 0.1) is 16.6 Å². The molecule has 8 heteroatoms. The van der Waals surface area contributed by atoms with E-state index in [-0.39, 0.29) is 0 Å². The van der Waals surface area contributed by atoms with E-state index in [0.717, 1.165) is 5.46 Å². The van der Waals surface area contributed by atoms with E-state index in [4.69, 9.17) is 9.31 Å². The van der Waals surface area contributed by atoms with E-state index in [9.17, 15) is 9.90 Å². The monoisotopic (exact) mass is 373 g/mol. The Labute approximate surface area is 160 Å². The lowest BCUT2D eigenvalue weighted by Crippen LogP contribution is -2.45. The molecule has 0 aromatic carbocycles. The number of nitrogens with zero attached hydrogens (tertiary/aromatic N) is 3. The fraction of sp³-hybridized carbons (Fsp3) is 0.632. The Balaban J connectivity index is 1.67. The largest absolute Gasteiger partial charge is 0.498 e. The van der Waals surface area contributed by atoms with Gasteiger partial charge in [0.1, 0.15) is 0 Å². The van der Waals surface area contributed by atoms with Crippen LogP contribution in [0.25, 0.3) is 0 Å². The molecular weight excluding hydrogens is 345 g/mol. The summed E-state index contributed by atoms with van der Waals surface area (Å²) in [6.45, 7) is 12.9. The normalized spacial score (nSPS) is 23.3. The number of aliphatic carboxylic acids is 1. The lowest BCUT2D eigenvalue weighted by Gasteiger charge is -2.38. The highest BCUT2D eigenvalue weighted by Gasteiger charge is 2.52. The van der Waals surface area contributed by atoms with Crippen LogP contribution in [0.5, 0.6) is 0 Å². The smallest absolute Gasteiger partial charge is 0.481 e. The fourth-order valence-electron chi connectivity index (χ4n) is 3.51. The van der Waals surface area contributed by atoms with Crippen LogP contribution in [0.15, 0.2) is 25.0 Å². The summed E-state index contributed by atoms with van der Waals surface area (Å²) in [5, 5.41) is 9.59. The molecule has 2 aliphatic heterocycles. The molecule has 0 aliphatic carbocycles. The molecule has 27 heavy (non-hydrogen) atoms. The Hall–Kier alpha value is -1.93. The minimum atomic E-state index is -0.751. The Morgan fingerprint density at radius 1 is 1.22 bits per heavy atom. The minimum absolute atomic E-state index is 0.408. The van der Waals surface area contributed by atoms with Crippen molar-refractivity contribution < 1.29 is 19.2 Å². The van der Waals surface area contributed by atoms with Crippen LogP contribution >= 0.6 is 0 Å². The van der Waals surface area contributed by atoms with E-state index in [2.05, 4.69) is 16.5 Å². The van der Waals surface area contributed by atoms with Gasteiger partial charge >= 0.3 is 13.1 Å². The number of carbonyl (C=O) groups is 1. The van der Waals surface area contributed by atoms with E-state index in [1.54, 1.807) is 18.5 Å². The van der Waals surface area contributed by atoms with Crippen LogP contribution in [0.1, 0.15) is 47.0 Å². The summed E-state index contributed by atoms with van der Waals surface area (Å²) in [4.78, 5) is 22.6. The third-order valence-electron chi connectivity index (χ3n) is 6.18. The van der Waals surface area contributed by atoms with Crippen LogP contribution in [-0.4, -0.2) is 52.5 Å². The van der Waals surface area contributed by atoms with Gasteiger partial charge in [-0.3, -0.25) is 4.79 Å². The topological polar surface area (TPSA) is 84.8 Å². The highest BCUT2D eigenvalue weighted by Crippen LogP contribution is 2.37. The first-order chi connectivity index (χ1) is 12.6. The van der Waals surface area contributed by atoms with E-state index < -0.39 is 29.7 Å². The van der Waals surface area contributed by atoms with Gasteiger partial charge in [0.15, 0.2) is 0 Å². The summed E-state index contributed by atoms with van der Waals surface area (Å²) in [6.07, 6.45) is 6.74. The van der Waals surface area contributed by atoms with Crippen LogP contribution < -0.4 is 10.4 Å². The molecule has 3 rings (SSSR count). The zero-order valence-electron chi connectivity index (χ0n) is 16.6. The summed E-state index contributed by atoms with van der Waals surface area (Å²) in [5.41, 5.74) is -0.759. The van der Waals surface area contributed by atoms with Crippen molar-refractivity contribution in [3.63, 3.8) is 0 Å². The van der Waals surface area contributed by atoms with Gasteiger partial charge in [0.2, 0.25) is 5.95 Å². The summed E-state index contributed by atoms with van der Waals surface area (Å²) >= 11 is 0. The van der Waals surface area contributed by atoms with Crippen molar-refractivity contribution in [2.75, 3.05) is 18.0 Å². The van der Waals surface area contributed by atoms with Crippen molar-refractivity contribution in [1.29, 1.82) is 0 Å². The third-order valence-corrected chi connectivity index (χ3v) is 6.18. The third kappa shape index (κ3) is 3.60. The van der Waals surface area contributed by atoms with Gasteiger partial charge in [-0.25, -0.2) is 9.97 Å². The molecule has 0 unspecified atom stereocenters. The molecule has 3 heterocycles. The predicted molar refractivity (Wildman–Crippen MR) is 104 cm³/mol. The number of carboxylic acid groups (broad SMARTS) is 1. The Kier molecular flexibility index (Phi) is 5.07. The molecule has 0 spiro atoms. The zero-order chi connectivity index (χ0) is 19.9. The Morgan fingerprint density at radius 3 is 2.19 bits per heavy atom. The first-order valence-corrected chi connectivity index (χ1v) is 9.37. The number of carboxylic acids is 1. The summed E-state index contributed by atoms with van der Waals surface area (Å²) in [5.74, 6) is -0.146. The predicted octanol–water partition coefficient (Wildman–Crippen LogP) is 2.02. The van der Waals surface area contributed by atoms with Crippen molar-refractivity contribution in [2.24, 2.45) is 5.41 Å². The number of aromatic nitrogens is 2. The van der Waals surface area contributed by atoms with Crippen molar-refractivity contribution in [3.8, 4) is 0 Å². The number of hydrogen-bond acceptors (Lipinski definition) is 6. The molecule has 2 saturated heterocycles. The fourth-order valence-corrected chi connectivity index (χ4v) is 3.51. The number of allylic oxidation sites excluding steroid dienone is 1. The molecular formula is C19H28BN3O4. The SMILES string of the molecule is C=CCC1(C(=O)O)CCN(c2ncc(B3OC(C)(C)C(C)(C)O3)cn2)CC1. The second-order valence-corrected chi connectivity index (χ2v) is 8.47. The summed E-state index contributed by atoms with van der Waals surface area (Å²) in [7, 11) is -0.488. The molecule has 0 atom stereocenters. The average molecular weight is 373 g/mol. The second kappa shape index (κ2) is 6.91. The number of hydrogen-bond donors (Lipinski definition) is 1. The first kappa shape index (κ1) is 19.8. The van der Waals surface area contributed by atoms with Crippen molar-refractivity contribution in [2.45, 2.75) is 58.2 Å². The molecule has 7 nitrogen and oxygen atoms in total. The van der Waals surface area contributed by atoms with Gasteiger partial charge in [0.25, 0.3) is 0 Å². The zero-order valence-corrected chi connectivity index (χ0v) is 16.6. The molecule has 1 N–H and O–H groups in total. The van der Waals surface area contributed by atoms with Gasteiger partial charge in [-0.1, -0.05) is 6.08 Å². The van der Waals surface area contributed by atoms with Gasteiger partial charge in [-0.05, 0) is 47.0 Å². The van der Waals surface area contributed by atoms with Crippen LogP contribution in [0.2, 0.25) is 0 Å². The number of rotatable bonds is 5. The maximum Gasteiger partial charge on any atom is 0.498 e. The molecule has 0 radical (unpaired) electrons. The standard InChI is InChI=1S/C19H28BN3O4/c1-6-7-19(15(24)25)8-10-23(11-9-19)16-21-12-14(13-22-16)20-26-17(2,3)18(4,5)27-20/h6,12-13H,1,7-11H2,2-5H3,(H,24,25). The highest BCUT2D eigenvalue weighted by atomic mass is 16.7. The summed E-state index contributed by atoms with van der Waals surface area (Å²) in [6, 6.07) is 0. The van der Waals surface area contributed by atoms with Crippen molar-refractivity contribution in [1.82, 2.24) is 9.97 Å². The first-order valence-electron chi connectivity index (χ1n) is 9.37. The van der Waals surface area contributed by atoms with Gasteiger partial charge in [-0.15, -0.1) is 6.58 Å². The van der Waals surface area contributed by atoms with E-state index in [0.29, 0.717) is 38.3 Å². The molecule has 2 aliphatic rings. The van der Waals surface area contributed by atoms with Crippen molar-refractivity contribution in [3.05, 3.63) is 25.0 Å². The number of piperidine rings is 1. The van der Waals surface area contributed by atoms with Crippen LogP contribution in [0.3, 0.4) is 0 Å². The van der Waals surface area contributed by atoms with Gasteiger partial charge in [-0.2, -0.15) is 0 Å². The van der Waals surface area contributed by atoms with Crippen molar-refractivity contribution >= 4 is 24.5 Å². The van der Waals surface area contributed by atoms with Gasteiger partial charge in [0, 0.05) is 30.9 Å². The quantitative estimate of drug-likeness (QED) is 0.624. The Bertz CT molecular complexity index is 696. The molecule has 1 aromatic heterocycles. The van der Waals surface area contributed by atoms with E-state index in [1.807, 2.05) is 32.6 Å². The second-order valence-electron chi connectivity index (χ2n) is 8.47. The lowest BCUT2D eigenvalue weighted by atomic mass is 9.76. The number of anilines is 1.